The Kier molecular flexibility index (Phi) is 12.4. The Labute approximate surface area is 226 Å². The molecule has 0 aliphatic carbocycles. The molecule has 1 heterocycles. The fourth-order valence-corrected chi connectivity index (χ4v) is 3.45. The van der Waals surface area contributed by atoms with Crippen molar-refractivity contribution in [2.75, 3.05) is 46.1 Å². The van der Waals surface area contributed by atoms with Gasteiger partial charge in [-0.25, -0.2) is 19.2 Å². The van der Waals surface area contributed by atoms with Crippen molar-refractivity contribution in [1.82, 2.24) is 4.90 Å². The second-order valence-corrected chi connectivity index (χ2v) is 8.50. The lowest BCUT2D eigenvalue weighted by atomic mass is 10.1. The first kappa shape index (κ1) is 29.3. The lowest BCUT2D eigenvalue weighted by Crippen LogP contribution is -2.38. The predicted molar refractivity (Wildman–Crippen MR) is 140 cm³/mol. The smallest absolute Gasteiger partial charge is 0.336 e. The van der Waals surface area contributed by atoms with Gasteiger partial charge in [0.15, 0.2) is 0 Å². The second-order valence-electron chi connectivity index (χ2n) is 8.50. The summed E-state index contributed by atoms with van der Waals surface area (Å²) in [5, 5.41) is 0. The predicted octanol–water partition coefficient (Wildman–Crippen LogP) is 2.73. The van der Waals surface area contributed by atoms with E-state index in [9.17, 15) is 19.2 Å². The maximum atomic E-state index is 12.2. The van der Waals surface area contributed by atoms with E-state index >= 15 is 0 Å². The van der Waals surface area contributed by atoms with Crippen molar-refractivity contribution in [2.45, 2.75) is 6.42 Å². The van der Waals surface area contributed by atoms with Crippen LogP contribution in [0.1, 0.15) is 6.42 Å². The summed E-state index contributed by atoms with van der Waals surface area (Å²) in [5.74, 6) is -2.49. The first-order chi connectivity index (χ1) is 19.0. The molecule has 0 radical (unpaired) electrons. The third-order valence-corrected chi connectivity index (χ3v) is 5.51. The molecular formula is C29H31NO9. The molecule has 1 aliphatic heterocycles. The number of para-hydroxylation sites is 2. The van der Waals surface area contributed by atoms with E-state index in [1.165, 1.54) is 0 Å². The third-order valence-electron chi connectivity index (χ3n) is 5.51. The van der Waals surface area contributed by atoms with Crippen LogP contribution in [0.5, 0.6) is 11.5 Å². The molecule has 10 nitrogen and oxygen atoms in total. The first-order valence-corrected chi connectivity index (χ1v) is 12.5. The van der Waals surface area contributed by atoms with Gasteiger partial charge in [0, 0.05) is 43.3 Å². The van der Waals surface area contributed by atoms with Gasteiger partial charge in [0.1, 0.15) is 11.5 Å². The summed E-state index contributed by atoms with van der Waals surface area (Å²) in [5.41, 5.74) is 0. The standard InChI is InChI=1S/C29H31NO9/c31-26(11-13-28(33)38-24-7-3-1-4-8-24)36-21-23(15-16-30-17-19-35-20-18-30)22-37-27(32)12-14-29(34)39-25-9-5-2-6-10-25/h1-14,23H,15-22H2/b13-11+,14-12+. The summed E-state index contributed by atoms with van der Waals surface area (Å²) in [6.07, 6.45) is 4.52. The Morgan fingerprint density at radius 3 is 1.59 bits per heavy atom. The van der Waals surface area contributed by atoms with Crippen LogP contribution in [0.4, 0.5) is 0 Å². The van der Waals surface area contributed by atoms with Crippen LogP contribution in [0.2, 0.25) is 0 Å². The molecule has 1 fully saturated rings. The van der Waals surface area contributed by atoms with Gasteiger partial charge in [0.25, 0.3) is 0 Å². The summed E-state index contributed by atoms with van der Waals surface area (Å²) < 4.78 is 26.1. The molecule has 0 aromatic heterocycles. The van der Waals surface area contributed by atoms with Gasteiger partial charge in [-0.1, -0.05) is 36.4 Å². The Balaban J connectivity index is 1.46. The molecule has 1 aliphatic rings. The van der Waals surface area contributed by atoms with Gasteiger partial charge in [0.2, 0.25) is 0 Å². The molecule has 0 amide bonds. The molecule has 39 heavy (non-hydrogen) atoms. The minimum atomic E-state index is -0.730. The molecule has 1 saturated heterocycles. The minimum absolute atomic E-state index is 0.0334. The van der Waals surface area contributed by atoms with Crippen molar-refractivity contribution in [3.8, 4) is 11.5 Å². The summed E-state index contributed by atoms with van der Waals surface area (Å²) >= 11 is 0. The zero-order chi connectivity index (χ0) is 27.7. The number of morpholine rings is 1. The van der Waals surface area contributed by atoms with Crippen LogP contribution in [0.25, 0.3) is 0 Å². The zero-order valence-electron chi connectivity index (χ0n) is 21.4. The number of rotatable bonds is 13. The van der Waals surface area contributed by atoms with Gasteiger partial charge in [-0.15, -0.1) is 0 Å². The molecule has 3 rings (SSSR count). The van der Waals surface area contributed by atoms with E-state index in [0.717, 1.165) is 37.4 Å². The van der Waals surface area contributed by atoms with Crippen molar-refractivity contribution >= 4 is 23.9 Å². The van der Waals surface area contributed by atoms with Crippen LogP contribution < -0.4 is 9.47 Å². The Hall–Kier alpha value is -4.28. The molecule has 0 saturated carbocycles. The fraction of sp³-hybridized carbons (Fsp3) is 0.310. The van der Waals surface area contributed by atoms with E-state index in [-0.39, 0.29) is 19.1 Å². The van der Waals surface area contributed by atoms with Gasteiger partial charge in [0.05, 0.1) is 26.4 Å². The Morgan fingerprint density at radius 2 is 1.13 bits per heavy atom. The fourth-order valence-electron chi connectivity index (χ4n) is 3.45. The normalized spacial score (nSPS) is 13.9. The van der Waals surface area contributed by atoms with E-state index in [2.05, 4.69) is 4.90 Å². The van der Waals surface area contributed by atoms with Crippen LogP contribution in [0.15, 0.2) is 85.0 Å². The van der Waals surface area contributed by atoms with Crippen LogP contribution >= 0.6 is 0 Å². The Morgan fingerprint density at radius 1 is 0.692 bits per heavy atom. The van der Waals surface area contributed by atoms with Gasteiger partial charge in [-0.05, 0) is 37.2 Å². The van der Waals surface area contributed by atoms with Crippen LogP contribution in [0.3, 0.4) is 0 Å². The van der Waals surface area contributed by atoms with Gasteiger partial charge in [-0.2, -0.15) is 0 Å². The number of benzene rings is 2. The molecule has 2 aromatic carbocycles. The topological polar surface area (TPSA) is 118 Å². The average Bonchev–Trinajstić information content (AvgIpc) is 2.96. The molecule has 10 heteroatoms. The number of nitrogens with zero attached hydrogens (tertiary/aromatic N) is 1. The maximum Gasteiger partial charge on any atom is 0.336 e. The largest absolute Gasteiger partial charge is 0.462 e. The second kappa shape index (κ2) is 16.5. The average molecular weight is 538 g/mol. The number of hydrogen-bond acceptors (Lipinski definition) is 10. The van der Waals surface area contributed by atoms with Crippen LogP contribution in [0, 0.1) is 5.92 Å². The number of hydrogen-bond donors (Lipinski definition) is 0. The van der Waals surface area contributed by atoms with Crippen molar-refractivity contribution in [2.24, 2.45) is 5.92 Å². The highest BCUT2D eigenvalue weighted by Crippen LogP contribution is 2.11. The molecule has 0 unspecified atom stereocenters. The molecule has 2 aromatic rings. The number of esters is 4. The SMILES string of the molecule is O=C(/C=C/C(=O)Oc1ccccc1)OCC(CCN1CCOCC1)COC(=O)/C=C/C(=O)Oc1ccccc1. The third kappa shape index (κ3) is 12.2. The minimum Gasteiger partial charge on any atom is -0.462 e. The van der Waals surface area contributed by atoms with E-state index in [0.29, 0.717) is 37.7 Å². The molecule has 0 spiro atoms. The lowest BCUT2D eigenvalue weighted by Gasteiger charge is -2.28. The van der Waals surface area contributed by atoms with E-state index < -0.39 is 23.9 Å². The quantitative estimate of drug-likeness (QED) is 0.214. The highest BCUT2D eigenvalue weighted by molar-refractivity contribution is 5.93. The zero-order valence-corrected chi connectivity index (χ0v) is 21.4. The Bertz CT molecular complexity index is 1050. The van der Waals surface area contributed by atoms with Crippen LogP contribution in [-0.2, 0) is 33.4 Å². The summed E-state index contributed by atoms with van der Waals surface area (Å²) in [6, 6.07) is 16.9. The van der Waals surface area contributed by atoms with Crippen molar-refractivity contribution in [3.63, 3.8) is 0 Å². The van der Waals surface area contributed by atoms with E-state index in [1.807, 2.05) is 0 Å². The van der Waals surface area contributed by atoms with Gasteiger partial charge >= 0.3 is 23.9 Å². The molecule has 0 N–H and O–H groups in total. The summed E-state index contributed by atoms with van der Waals surface area (Å²) in [6.45, 7) is 3.48. The van der Waals surface area contributed by atoms with Gasteiger partial charge in [-0.3, -0.25) is 4.90 Å². The molecule has 0 bridgehead atoms. The highest BCUT2D eigenvalue weighted by atomic mass is 16.6. The highest BCUT2D eigenvalue weighted by Gasteiger charge is 2.18. The first-order valence-electron chi connectivity index (χ1n) is 12.5. The monoisotopic (exact) mass is 537 g/mol. The van der Waals surface area contributed by atoms with Gasteiger partial charge < -0.3 is 23.7 Å². The maximum absolute atomic E-state index is 12.2. The number of carbonyl (C=O) groups excluding carboxylic acids is 4. The molecule has 206 valence electrons. The van der Waals surface area contributed by atoms with Crippen LogP contribution in [-0.4, -0.2) is 74.8 Å². The van der Waals surface area contributed by atoms with E-state index in [1.54, 1.807) is 60.7 Å². The van der Waals surface area contributed by atoms with E-state index in [4.69, 9.17) is 23.7 Å². The van der Waals surface area contributed by atoms with Crippen molar-refractivity contribution in [1.29, 1.82) is 0 Å². The molecule has 0 atom stereocenters. The number of carbonyl (C=O) groups is 4. The lowest BCUT2D eigenvalue weighted by molar-refractivity contribution is -0.144. The van der Waals surface area contributed by atoms with Crippen molar-refractivity contribution < 1.29 is 42.9 Å². The van der Waals surface area contributed by atoms with Crippen molar-refractivity contribution in [3.05, 3.63) is 85.0 Å². The summed E-state index contributed by atoms with van der Waals surface area (Å²) in [7, 11) is 0. The number of ether oxygens (including phenoxy) is 5. The summed E-state index contributed by atoms with van der Waals surface area (Å²) in [4.78, 5) is 50.3. The molecular weight excluding hydrogens is 506 g/mol.